The number of nitrogens with one attached hydrogen (secondary N) is 1. The number of guanidine groups is 1. The molecule has 0 aliphatic carbocycles. The number of aromatic nitrogens is 1. The standard InChI is InChI=1S/C20H28N4O3/c1-5-22-20(23-13-18(25)15-8-10-21-11-9-15)24(2)14-16-6-7-17(26-3)12-19(16)27-4/h6-12,18,25H,5,13-14H2,1-4H3,(H,22,23). The van der Waals surface area contributed by atoms with Crippen LogP contribution < -0.4 is 14.8 Å². The van der Waals surface area contributed by atoms with Gasteiger partial charge < -0.3 is 24.8 Å². The van der Waals surface area contributed by atoms with E-state index in [0.29, 0.717) is 12.5 Å². The van der Waals surface area contributed by atoms with Crippen LogP contribution in [0, 0.1) is 0 Å². The van der Waals surface area contributed by atoms with E-state index in [1.807, 2.05) is 37.1 Å². The maximum atomic E-state index is 10.3. The third kappa shape index (κ3) is 5.86. The van der Waals surface area contributed by atoms with E-state index < -0.39 is 6.10 Å². The molecule has 146 valence electrons. The summed E-state index contributed by atoms with van der Waals surface area (Å²) in [5.74, 6) is 2.22. The summed E-state index contributed by atoms with van der Waals surface area (Å²) < 4.78 is 10.7. The minimum Gasteiger partial charge on any atom is -0.497 e. The molecule has 2 rings (SSSR count). The molecule has 7 heteroatoms. The highest BCUT2D eigenvalue weighted by atomic mass is 16.5. The number of aliphatic hydroxyl groups is 1. The maximum Gasteiger partial charge on any atom is 0.194 e. The molecule has 1 aromatic carbocycles. The van der Waals surface area contributed by atoms with Gasteiger partial charge in [-0.15, -0.1) is 0 Å². The van der Waals surface area contributed by atoms with E-state index in [1.165, 1.54) is 0 Å². The van der Waals surface area contributed by atoms with Crippen molar-refractivity contribution in [2.45, 2.75) is 19.6 Å². The SMILES string of the molecule is CCNC(=NCC(O)c1ccncc1)N(C)Cc1ccc(OC)cc1OC. The molecule has 27 heavy (non-hydrogen) atoms. The van der Waals surface area contributed by atoms with Crippen molar-refractivity contribution < 1.29 is 14.6 Å². The molecule has 0 saturated carbocycles. The summed E-state index contributed by atoms with van der Waals surface area (Å²) >= 11 is 0. The van der Waals surface area contributed by atoms with Crippen LogP contribution in [-0.2, 0) is 6.54 Å². The van der Waals surface area contributed by atoms with Gasteiger partial charge in [-0.25, -0.2) is 0 Å². The highest BCUT2D eigenvalue weighted by Crippen LogP contribution is 2.25. The second kappa shape index (κ2) is 10.4. The third-order valence-corrected chi connectivity index (χ3v) is 4.10. The molecule has 0 aliphatic rings. The van der Waals surface area contributed by atoms with E-state index in [4.69, 9.17) is 9.47 Å². The van der Waals surface area contributed by atoms with Gasteiger partial charge in [-0.3, -0.25) is 9.98 Å². The van der Waals surface area contributed by atoms with E-state index in [0.717, 1.165) is 29.2 Å². The molecular formula is C20H28N4O3. The van der Waals surface area contributed by atoms with Gasteiger partial charge in [0.15, 0.2) is 5.96 Å². The molecule has 2 aromatic rings. The molecule has 2 N–H and O–H groups in total. The fourth-order valence-electron chi connectivity index (χ4n) is 2.65. The van der Waals surface area contributed by atoms with E-state index >= 15 is 0 Å². The summed E-state index contributed by atoms with van der Waals surface area (Å²) in [5, 5.41) is 13.6. The van der Waals surface area contributed by atoms with Crippen molar-refractivity contribution in [3.05, 3.63) is 53.9 Å². The molecule has 0 radical (unpaired) electrons. The molecule has 1 aromatic heterocycles. The lowest BCUT2D eigenvalue weighted by Crippen LogP contribution is -2.38. The van der Waals surface area contributed by atoms with Crippen LogP contribution in [0.25, 0.3) is 0 Å². The number of aliphatic hydroxyl groups excluding tert-OH is 1. The lowest BCUT2D eigenvalue weighted by atomic mass is 10.1. The van der Waals surface area contributed by atoms with Crippen LogP contribution in [-0.4, -0.2) is 55.3 Å². The average molecular weight is 372 g/mol. The number of hydrogen-bond donors (Lipinski definition) is 2. The van der Waals surface area contributed by atoms with Crippen molar-refractivity contribution in [3.8, 4) is 11.5 Å². The highest BCUT2D eigenvalue weighted by Gasteiger charge is 2.13. The Morgan fingerprint density at radius 1 is 1.22 bits per heavy atom. The predicted octanol–water partition coefficient (Wildman–Crippen LogP) is 2.23. The van der Waals surface area contributed by atoms with Gasteiger partial charge in [0.05, 0.1) is 26.9 Å². The molecular weight excluding hydrogens is 344 g/mol. The van der Waals surface area contributed by atoms with E-state index in [-0.39, 0.29) is 6.54 Å². The lowest BCUT2D eigenvalue weighted by molar-refractivity contribution is 0.186. The fourth-order valence-corrected chi connectivity index (χ4v) is 2.65. The molecule has 0 bridgehead atoms. The van der Waals surface area contributed by atoms with Gasteiger partial charge in [0.2, 0.25) is 0 Å². The molecule has 1 unspecified atom stereocenters. The minimum absolute atomic E-state index is 0.260. The number of nitrogens with zero attached hydrogens (tertiary/aromatic N) is 3. The van der Waals surface area contributed by atoms with Crippen LogP contribution in [0.4, 0.5) is 0 Å². The first-order valence-electron chi connectivity index (χ1n) is 8.87. The van der Waals surface area contributed by atoms with Crippen LogP contribution in [0.15, 0.2) is 47.7 Å². The Kier molecular flexibility index (Phi) is 7.88. The van der Waals surface area contributed by atoms with E-state index in [9.17, 15) is 5.11 Å². The van der Waals surface area contributed by atoms with Crippen LogP contribution in [0.3, 0.4) is 0 Å². The van der Waals surface area contributed by atoms with Gasteiger partial charge in [-0.1, -0.05) is 0 Å². The Hall–Kier alpha value is -2.80. The summed E-state index contributed by atoms with van der Waals surface area (Å²) in [6, 6.07) is 9.32. The van der Waals surface area contributed by atoms with Gasteiger partial charge in [0.25, 0.3) is 0 Å². The smallest absolute Gasteiger partial charge is 0.194 e. The van der Waals surface area contributed by atoms with Crippen molar-refractivity contribution in [2.75, 3.05) is 34.4 Å². The van der Waals surface area contributed by atoms with Gasteiger partial charge >= 0.3 is 0 Å². The zero-order chi connectivity index (χ0) is 19.6. The van der Waals surface area contributed by atoms with E-state index in [2.05, 4.69) is 15.3 Å². The Balaban J connectivity index is 2.11. The fraction of sp³-hybridized carbons (Fsp3) is 0.400. The summed E-state index contributed by atoms with van der Waals surface area (Å²) in [6.07, 6.45) is 2.65. The van der Waals surface area contributed by atoms with Gasteiger partial charge in [0.1, 0.15) is 11.5 Å². The van der Waals surface area contributed by atoms with Crippen molar-refractivity contribution >= 4 is 5.96 Å². The number of hydrogen-bond acceptors (Lipinski definition) is 5. The lowest BCUT2D eigenvalue weighted by Gasteiger charge is -2.23. The van der Waals surface area contributed by atoms with Crippen molar-refractivity contribution in [2.24, 2.45) is 4.99 Å². The molecule has 7 nitrogen and oxygen atoms in total. The average Bonchev–Trinajstić information content (AvgIpc) is 2.71. The number of benzene rings is 1. The Bertz CT molecular complexity index is 737. The maximum absolute atomic E-state index is 10.3. The van der Waals surface area contributed by atoms with Crippen LogP contribution in [0.1, 0.15) is 24.2 Å². The van der Waals surface area contributed by atoms with Crippen LogP contribution in [0.2, 0.25) is 0 Å². The number of pyridine rings is 1. The first-order valence-corrected chi connectivity index (χ1v) is 8.87. The van der Waals surface area contributed by atoms with Crippen molar-refractivity contribution in [1.29, 1.82) is 0 Å². The van der Waals surface area contributed by atoms with E-state index in [1.54, 1.807) is 38.7 Å². The molecule has 0 fully saturated rings. The van der Waals surface area contributed by atoms with Gasteiger partial charge in [-0.2, -0.15) is 0 Å². The topological polar surface area (TPSA) is 79.2 Å². The number of aliphatic imine (C=N–C) groups is 1. The first kappa shape index (κ1) is 20.5. The zero-order valence-electron chi connectivity index (χ0n) is 16.3. The highest BCUT2D eigenvalue weighted by molar-refractivity contribution is 5.79. The monoisotopic (exact) mass is 372 g/mol. The summed E-state index contributed by atoms with van der Waals surface area (Å²) in [5.41, 5.74) is 1.81. The Labute approximate surface area is 160 Å². The third-order valence-electron chi connectivity index (χ3n) is 4.10. The van der Waals surface area contributed by atoms with Gasteiger partial charge in [-0.05, 0) is 36.8 Å². The molecule has 0 aliphatic heterocycles. The number of rotatable bonds is 8. The normalized spacial score (nSPS) is 12.4. The Morgan fingerprint density at radius 2 is 1.96 bits per heavy atom. The van der Waals surface area contributed by atoms with Crippen LogP contribution >= 0.6 is 0 Å². The number of ether oxygens (including phenoxy) is 2. The summed E-state index contributed by atoms with van der Waals surface area (Å²) in [4.78, 5) is 10.5. The Morgan fingerprint density at radius 3 is 2.59 bits per heavy atom. The van der Waals surface area contributed by atoms with Gasteiger partial charge in [0, 0.05) is 44.2 Å². The predicted molar refractivity (Wildman–Crippen MR) is 106 cm³/mol. The van der Waals surface area contributed by atoms with Crippen LogP contribution in [0.5, 0.6) is 11.5 Å². The second-order valence-corrected chi connectivity index (χ2v) is 6.02. The molecule has 0 spiro atoms. The van der Waals surface area contributed by atoms with Crippen molar-refractivity contribution in [1.82, 2.24) is 15.2 Å². The second-order valence-electron chi connectivity index (χ2n) is 6.02. The zero-order valence-corrected chi connectivity index (χ0v) is 16.3. The first-order chi connectivity index (χ1) is 13.1. The summed E-state index contributed by atoms with van der Waals surface area (Å²) in [7, 11) is 5.22. The molecule has 0 amide bonds. The minimum atomic E-state index is -0.675. The summed E-state index contributed by atoms with van der Waals surface area (Å²) in [6.45, 7) is 3.60. The number of methoxy groups -OCH3 is 2. The molecule has 0 saturated heterocycles. The molecule has 1 heterocycles. The molecule has 1 atom stereocenters. The quantitative estimate of drug-likeness (QED) is 0.546. The largest absolute Gasteiger partial charge is 0.497 e. The van der Waals surface area contributed by atoms with Crippen molar-refractivity contribution in [3.63, 3.8) is 0 Å².